The highest BCUT2D eigenvalue weighted by molar-refractivity contribution is 7.22. The summed E-state index contributed by atoms with van der Waals surface area (Å²) in [5.74, 6) is 0. The van der Waals surface area contributed by atoms with Gasteiger partial charge < -0.3 is 5.32 Å². The number of hydrogen-bond acceptors (Lipinski definition) is 4. The third-order valence-electron chi connectivity index (χ3n) is 2.91. The van der Waals surface area contributed by atoms with Crippen LogP contribution in [0.5, 0.6) is 0 Å². The second-order valence-corrected chi connectivity index (χ2v) is 5.78. The van der Waals surface area contributed by atoms with Gasteiger partial charge in [-0.3, -0.25) is 4.68 Å². The van der Waals surface area contributed by atoms with Crippen LogP contribution in [0.25, 0.3) is 10.2 Å². The summed E-state index contributed by atoms with van der Waals surface area (Å²) < 4.78 is 2.84. The molecule has 3 aromatic rings. The summed E-state index contributed by atoms with van der Waals surface area (Å²) in [4.78, 5) is 4.52. The first kappa shape index (κ1) is 12.4. The Morgan fingerprint density at radius 1 is 1.42 bits per heavy atom. The number of rotatable bonds is 3. The zero-order valence-electron chi connectivity index (χ0n) is 10.6. The van der Waals surface area contributed by atoms with Gasteiger partial charge in [0.15, 0.2) is 5.13 Å². The van der Waals surface area contributed by atoms with E-state index in [2.05, 4.69) is 15.4 Å². The SMILES string of the molecule is Cc1nn(C)cc1CNc1nc2cccc(Cl)c2s1. The van der Waals surface area contributed by atoms with E-state index in [9.17, 15) is 0 Å². The van der Waals surface area contributed by atoms with Crippen molar-refractivity contribution in [3.8, 4) is 0 Å². The van der Waals surface area contributed by atoms with E-state index in [1.165, 1.54) is 5.56 Å². The second-order valence-electron chi connectivity index (χ2n) is 4.37. The number of fused-ring (bicyclic) bond motifs is 1. The van der Waals surface area contributed by atoms with E-state index < -0.39 is 0 Å². The Morgan fingerprint density at radius 2 is 2.26 bits per heavy atom. The van der Waals surface area contributed by atoms with Crippen LogP contribution in [0.1, 0.15) is 11.3 Å². The Morgan fingerprint density at radius 3 is 2.95 bits per heavy atom. The van der Waals surface area contributed by atoms with E-state index in [0.717, 1.165) is 32.6 Å². The van der Waals surface area contributed by atoms with E-state index in [0.29, 0.717) is 0 Å². The van der Waals surface area contributed by atoms with Gasteiger partial charge in [0.2, 0.25) is 0 Å². The summed E-state index contributed by atoms with van der Waals surface area (Å²) in [5, 5.41) is 9.28. The molecule has 6 heteroatoms. The molecule has 1 aromatic carbocycles. The fraction of sp³-hybridized carbons (Fsp3) is 0.231. The lowest BCUT2D eigenvalue weighted by Crippen LogP contribution is -1.99. The minimum absolute atomic E-state index is 0.719. The van der Waals surface area contributed by atoms with Crippen molar-refractivity contribution in [2.75, 3.05) is 5.32 Å². The first-order valence-corrected chi connectivity index (χ1v) is 7.11. The molecule has 0 atom stereocenters. The Balaban J connectivity index is 1.82. The Labute approximate surface area is 120 Å². The largest absolute Gasteiger partial charge is 0.357 e. The van der Waals surface area contributed by atoms with Crippen LogP contribution in [-0.2, 0) is 13.6 Å². The number of thiazole rings is 1. The molecule has 0 saturated heterocycles. The highest BCUT2D eigenvalue weighted by Crippen LogP contribution is 2.31. The number of halogens is 1. The van der Waals surface area contributed by atoms with Crippen molar-refractivity contribution in [3.63, 3.8) is 0 Å². The first-order valence-electron chi connectivity index (χ1n) is 5.91. The summed E-state index contributed by atoms with van der Waals surface area (Å²) in [6.07, 6.45) is 2.02. The van der Waals surface area contributed by atoms with Gasteiger partial charge in [0.05, 0.1) is 20.9 Å². The number of aryl methyl sites for hydroxylation is 2. The van der Waals surface area contributed by atoms with Crippen LogP contribution in [0.4, 0.5) is 5.13 Å². The molecular formula is C13H13ClN4S. The molecule has 98 valence electrons. The average molecular weight is 293 g/mol. The molecule has 2 aromatic heterocycles. The maximum atomic E-state index is 6.15. The van der Waals surface area contributed by atoms with Crippen LogP contribution in [0.2, 0.25) is 5.02 Å². The minimum atomic E-state index is 0.719. The summed E-state index contributed by atoms with van der Waals surface area (Å²) in [6.45, 7) is 2.73. The third kappa shape index (κ3) is 2.43. The molecule has 0 spiro atoms. The molecule has 0 aliphatic heterocycles. The molecule has 0 unspecified atom stereocenters. The lowest BCUT2D eigenvalue weighted by atomic mass is 10.3. The summed E-state index contributed by atoms with van der Waals surface area (Å²) in [7, 11) is 1.92. The first-order chi connectivity index (χ1) is 9.13. The number of benzene rings is 1. The van der Waals surface area contributed by atoms with Crippen molar-refractivity contribution in [1.29, 1.82) is 0 Å². The molecule has 0 fully saturated rings. The van der Waals surface area contributed by atoms with Crippen LogP contribution in [0, 0.1) is 6.92 Å². The Kier molecular flexibility index (Phi) is 3.16. The lowest BCUT2D eigenvalue weighted by Gasteiger charge is -1.99. The van der Waals surface area contributed by atoms with E-state index >= 15 is 0 Å². The summed E-state index contributed by atoms with van der Waals surface area (Å²) in [6, 6.07) is 5.77. The molecule has 2 heterocycles. The van der Waals surface area contributed by atoms with Crippen molar-refractivity contribution in [2.24, 2.45) is 7.05 Å². The zero-order chi connectivity index (χ0) is 13.4. The van der Waals surface area contributed by atoms with Crippen molar-refractivity contribution in [1.82, 2.24) is 14.8 Å². The maximum absolute atomic E-state index is 6.15. The van der Waals surface area contributed by atoms with Gasteiger partial charge in [0.1, 0.15) is 0 Å². The molecule has 19 heavy (non-hydrogen) atoms. The zero-order valence-corrected chi connectivity index (χ0v) is 12.2. The van der Waals surface area contributed by atoms with Crippen molar-refractivity contribution in [3.05, 3.63) is 40.7 Å². The number of nitrogens with one attached hydrogen (secondary N) is 1. The van der Waals surface area contributed by atoms with Gasteiger partial charge in [0.25, 0.3) is 0 Å². The molecule has 0 bridgehead atoms. The Hall–Kier alpha value is -1.59. The van der Waals surface area contributed by atoms with Gasteiger partial charge in [-0.15, -0.1) is 0 Å². The van der Waals surface area contributed by atoms with E-state index in [4.69, 9.17) is 11.6 Å². The van der Waals surface area contributed by atoms with Crippen molar-refractivity contribution >= 4 is 38.3 Å². The van der Waals surface area contributed by atoms with E-state index in [1.807, 2.05) is 43.0 Å². The van der Waals surface area contributed by atoms with Gasteiger partial charge in [-0.1, -0.05) is 29.0 Å². The van der Waals surface area contributed by atoms with Crippen molar-refractivity contribution < 1.29 is 0 Å². The smallest absolute Gasteiger partial charge is 0.184 e. The predicted molar refractivity (Wildman–Crippen MR) is 79.9 cm³/mol. The summed E-state index contributed by atoms with van der Waals surface area (Å²) in [5.41, 5.74) is 3.14. The van der Waals surface area contributed by atoms with Crippen LogP contribution in [0.15, 0.2) is 24.4 Å². The maximum Gasteiger partial charge on any atom is 0.184 e. The van der Waals surface area contributed by atoms with Gasteiger partial charge in [-0.25, -0.2) is 4.98 Å². The molecule has 4 nitrogen and oxygen atoms in total. The van der Waals surface area contributed by atoms with Crippen LogP contribution >= 0.6 is 22.9 Å². The Bertz CT molecular complexity index is 731. The van der Waals surface area contributed by atoms with Gasteiger partial charge in [-0.2, -0.15) is 5.10 Å². The van der Waals surface area contributed by atoms with E-state index in [1.54, 1.807) is 11.3 Å². The molecule has 1 N–H and O–H groups in total. The molecule has 3 rings (SSSR count). The third-order valence-corrected chi connectivity index (χ3v) is 4.40. The molecule has 0 saturated carbocycles. The quantitative estimate of drug-likeness (QED) is 0.802. The van der Waals surface area contributed by atoms with Crippen LogP contribution in [0.3, 0.4) is 0 Å². The van der Waals surface area contributed by atoms with Gasteiger partial charge in [-0.05, 0) is 19.1 Å². The van der Waals surface area contributed by atoms with Crippen molar-refractivity contribution in [2.45, 2.75) is 13.5 Å². The summed E-state index contributed by atoms with van der Waals surface area (Å²) >= 11 is 7.72. The fourth-order valence-electron chi connectivity index (χ4n) is 1.98. The number of nitrogens with zero attached hydrogens (tertiary/aromatic N) is 3. The molecule has 0 aliphatic rings. The van der Waals surface area contributed by atoms with E-state index in [-0.39, 0.29) is 0 Å². The molecular weight excluding hydrogens is 280 g/mol. The van der Waals surface area contributed by atoms with Crippen LogP contribution in [-0.4, -0.2) is 14.8 Å². The number of aromatic nitrogens is 3. The average Bonchev–Trinajstić information content (AvgIpc) is 2.91. The lowest BCUT2D eigenvalue weighted by molar-refractivity contribution is 0.756. The monoisotopic (exact) mass is 292 g/mol. The molecule has 0 radical (unpaired) electrons. The second kappa shape index (κ2) is 4.83. The van der Waals surface area contributed by atoms with Gasteiger partial charge >= 0.3 is 0 Å². The van der Waals surface area contributed by atoms with Gasteiger partial charge in [0, 0.05) is 25.4 Å². The normalized spacial score (nSPS) is 11.1. The topological polar surface area (TPSA) is 42.7 Å². The number of hydrogen-bond donors (Lipinski definition) is 1. The minimum Gasteiger partial charge on any atom is -0.357 e. The highest BCUT2D eigenvalue weighted by atomic mass is 35.5. The highest BCUT2D eigenvalue weighted by Gasteiger charge is 2.08. The molecule has 0 aliphatic carbocycles. The number of anilines is 1. The van der Waals surface area contributed by atoms with Crippen LogP contribution < -0.4 is 5.32 Å². The standard InChI is InChI=1S/C13H13ClN4S/c1-8-9(7-18(2)17-8)6-15-13-16-11-5-3-4-10(14)12(11)19-13/h3-5,7H,6H2,1-2H3,(H,15,16). The molecule has 0 amide bonds. The fourth-order valence-corrected chi connectivity index (χ4v) is 3.13. The predicted octanol–water partition coefficient (Wildman–Crippen LogP) is 3.60.